The van der Waals surface area contributed by atoms with Gasteiger partial charge >= 0.3 is 0 Å². The standard InChI is InChI=1S/C29H31F2N5O3/c1-38-20-14-36(15-20)13-19-10-18(2-3-21(19)16-5-8-39-9-6-16)25-27(31)35-28(32)26(34-25)23-11-17-4-7-33-29(37)22(17)12-24(23)30/h2-3,10-12,16,20H,4-9,13-15H2,1H3,(H2,32,35)(H,33,37). The van der Waals surface area contributed by atoms with E-state index in [9.17, 15) is 4.79 Å². The number of likely N-dealkylation sites (tertiary alicyclic amines) is 1. The molecule has 2 aromatic carbocycles. The number of anilines is 1. The number of carbonyl (C=O) groups is 1. The largest absolute Gasteiger partial charge is 0.382 e. The average Bonchev–Trinajstić information content (AvgIpc) is 2.91. The molecule has 0 aliphatic carbocycles. The van der Waals surface area contributed by atoms with E-state index in [-0.39, 0.29) is 40.3 Å². The summed E-state index contributed by atoms with van der Waals surface area (Å²) in [5.41, 5.74) is 10.1. The van der Waals surface area contributed by atoms with Gasteiger partial charge < -0.3 is 20.5 Å². The van der Waals surface area contributed by atoms with E-state index >= 15 is 8.78 Å². The third-order valence-corrected chi connectivity index (χ3v) is 7.98. The highest BCUT2D eigenvalue weighted by atomic mass is 19.1. The van der Waals surface area contributed by atoms with E-state index in [1.807, 2.05) is 18.2 Å². The first-order valence-corrected chi connectivity index (χ1v) is 13.3. The number of methoxy groups -OCH3 is 1. The first-order valence-electron chi connectivity index (χ1n) is 13.3. The van der Waals surface area contributed by atoms with Crippen LogP contribution < -0.4 is 11.1 Å². The first kappa shape index (κ1) is 25.8. The fourth-order valence-electron chi connectivity index (χ4n) is 5.77. The van der Waals surface area contributed by atoms with Crippen LogP contribution in [0.25, 0.3) is 22.5 Å². The van der Waals surface area contributed by atoms with Crippen LogP contribution in [0.15, 0.2) is 30.3 Å². The molecule has 3 aliphatic rings. The van der Waals surface area contributed by atoms with Crippen LogP contribution in [0.5, 0.6) is 0 Å². The number of fused-ring (bicyclic) bond motifs is 1. The Morgan fingerprint density at radius 1 is 1.10 bits per heavy atom. The van der Waals surface area contributed by atoms with E-state index in [4.69, 9.17) is 15.2 Å². The third-order valence-electron chi connectivity index (χ3n) is 7.98. The Morgan fingerprint density at radius 2 is 1.90 bits per heavy atom. The van der Waals surface area contributed by atoms with Crippen molar-refractivity contribution in [3.63, 3.8) is 0 Å². The number of hydrogen-bond acceptors (Lipinski definition) is 7. The van der Waals surface area contributed by atoms with Crippen molar-refractivity contribution in [1.82, 2.24) is 20.2 Å². The molecule has 2 saturated heterocycles. The average molecular weight is 536 g/mol. The summed E-state index contributed by atoms with van der Waals surface area (Å²) in [6.45, 7) is 4.27. The number of nitrogen functional groups attached to an aromatic ring is 1. The van der Waals surface area contributed by atoms with Gasteiger partial charge in [0.25, 0.3) is 5.91 Å². The van der Waals surface area contributed by atoms with Crippen LogP contribution in [-0.4, -0.2) is 66.8 Å². The number of rotatable bonds is 6. The number of aromatic nitrogens is 2. The number of halogens is 2. The lowest BCUT2D eigenvalue weighted by atomic mass is 9.86. The SMILES string of the molecule is COC1CN(Cc2cc(-c3nc(-c4cc5c(cc4F)C(=O)NCC5)c(N)nc3F)ccc2C2CCOCC2)C1. The van der Waals surface area contributed by atoms with Gasteiger partial charge in [0.05, 0.1) is 6.10 Å². The van der Waals surface area contributed by atoms with E-state index in [1.54, 1.807) is 13.2 Å². The second kappa shape index (κ2) is 10.6. The Kier molecular flexibility index (Phi) is 7.01. The number of amides is 1. The topological polar surface area (TPSA) is 103 Å². The van der Waals surface area contributed by atoms with E-state index < -0.39 is 11.8 Å². The van der Waals surface area contributed by atoms with Gasteiger partial charge in [-0.15, -0.1) is 0 Å². The summed E-state index contributed by atoms with van der Waals surface area (Å²) >= 11 is 0. The quantitative estimate of drug-likeness (QED) is 0.497. The zero-order chi connectivity index (χ0) is 27.1. The zero-order valence-corrected chi connectivity index (χ0v) is 21.8. The predicted octanol–water partition coefficient (Wildman–Crippen LogP) is 3.68. The molecule has 8 nitrogen and oxygen atoms in total. The van der Waals surface area contributed by atoms with E-state index in [0.29, 0.717) is 36.6 Å². The summed E-state index contributed by atoms with van der Waals surface area (Å²) in [5.74, 6) is -1.65. The molecule has 2 fully saturated rings. The molecule has 10 heteroatoms. The lowest BCUT2D eigenvalue weighted by Crippen LogP contribution is -2.51. The molecule has 3 aliphatic heterocycles. The summed E-state index contributed by atoms with van der Waals surface area (Å²) in [6.07, 6.45) is 2.64. The molecule has 0 radical (unpaired) electrons. The molecule has 0 saturated carbocycles. The van der Waals surface area contributed by atoms with Crippen molar-refractivity contribution in [1.29, 1.82) is 0 Å². The van der Waals surface area contributed by atoms with Gasteiger partial charge in [0.1, 0.15) is 17.2 Å². The molecule has 0 unspecified atom stereocenters. The van der Waals surface area contributed by atoms with Gasteiger partial charge in [-0.3, -0.25) is 9.69 Å². The highest BCUT2D eigenvalue weighted by Gasteiger charge is 2.29. The maximum atomic E-state index is 15.2. The lowest BCUT2D eigenvalue weighted by Gasteiger charge is -2.39. The fraction of sp³-hybridized carbons (Fsp3) is 0.414. The zero-order valence-electron chi connectivity index (χ0n) is 21.8. The summed E-state index contributed by atoms with van der Waals surface area (Å²) in [7, 11) is 1.72. The van der Waals surface area contributed by atoms with Gasteiger partial charge in [-0.05, 0) is 60.1 Å². The normalized spacial score (nSPS) is 18.5. The molecule has 1 amide bonds. The van der Waals surface area contributed by atoms with Crippen molar-refractivity contribution >= 4 is 11.7 Å². The summed E-state index contributed by atoms with van der Waals surface area (Å²) in [4.78, 5) is 22.9. The van der Waals surface area contributed by atoms with Gasteiger partial charge in [-0.1, -0.05) is 12.1 Å². The van der Waals surface area contributed by atoms with Crippen LogP contribution in [0.2, 0.25) is 0 Å². The van der Waals surface area contributed by atoms with Crippen LogP contribution in [0.4, 0.5) is 14.6 Å². The number of benzene rings is 2. The van der Waals surface area contributed by atoms with Gasteiger partial charge in [0.2, 0.25) is 5.95 Å². The smallest absolute Gasteiger partial charge is 0.251 e. The number of nitrogens with one attached hydrogen (secondary N) is 1. The molecule has 0 atom stereocenters. The van der Waals surface area contributed by atoms with E-state index in [2.05, 4.69) is 20.2 Å². The highest BCUT2D eigenvalue weighted by Crippen LogP contribution is 2.36. The third kappa shape index (κ3) is 4.99. The second-order valence-corrected chi connectivity index (χ2v) is 10.4. The summed E-state index contributed by atoms with van der Waals surface area (Å²) < 4.78 is 41.4. The number of nitrogens with two attached hydrogens (primary N) is 1. The van der Waals surface area contributed by atoms with Crippen LogP contribution in [0, 0.1) is 11.8 Å². The monoisotopic (exact) mass is 535 g/mol. The number of ether oxygens (including phenoxy) is 2. The number of carbonyl (C=O) groups excluding carboxylic acids is 1. The number of hydrogen-bond donors (Lipinski definition) is 2. The van der Waals surface area contributed by atoms with Crippen molar-refractivity contribution in [2.75, 3.05) is 45.7 Å². The molecule has 0 spiro atoms. The van der Waals surface area contributed by atoms with Crippen molar-refractivity contribution < 1.29 is 23.0 Å². The molecule has 1 aromatic heterocycles. The van der Waals surface area contributed by atoms with E-state index in [1.165, 1.54) is 11.6 Å². The number of nitrogens with zero attached hydrogens (tertiary/aromatic N) is 3. The molecule has 39 heavy (non-hydrogen) atoms. The van der Waals surface area contributed by atoms with Crippen molar-refractivity contribution in [3.05, 3.63) is 64.4 Å². The minimum absolute atomic E-state index is 0.00668. The molecular formula is C29H31F2N5O3. The van der Waals surface area contributed by atoms with Crippen LogP contribution in [0.1, 0.15) is 45.8 Å². The molecular weight excluding hydrogens is 504 g/mol. The van der Waals surface area contributed by atoms with Gasteiger partial charge in [0, 0.05) is 63.2 Å². The van der Waals surface area contributed by atoms with E-state index in [0.717, 1.165) is 44.7 Å². The van der Waals surface area contributed by atoms with Crippen LogP contribution in [-0.2, 0) is 22.4 Å². The molecule has 3 aromatic rings. The van der Waals surface area contributed by atoms with Crippen LogP contribution >= 0.6 is 0 Å². The highest BCUT2D eigenvalue weighted by molar-refractivity contribution is 5.97. The molecule has 3 N–H and O–H groups in total. The Bertz CT molecular complexity index is 1420. The lowest BCUT2D eigenvalue weighted by molar-refractivity contribution is -0.0335. The molecule has 6 rings (SSSR count). The van der Waals surface area contributed by atoms with Crippen molar-refractivity contribution in [2.24, 2.45) is 0 Å². The first-order chi connectivity index (χ1) is 18.9. The molecule has 204 valence electrons. The second-order valence-electron chi connectivity index (χ2n) is 10.4. The predicted molar refractivity (Wildman–Crippen MR) is 142 cm³/mol. The maximum Gasteiger partial charge on any atom is 0.251 e. The maximum absolute atomic E-state index is 15.2. The van der Waals surface area contributed by atoms with Gasteiger partial charge in [-0.25, -0.2) is 9.37 Å². The van der Waals surface area contributed by atoms with Crippen LogP contribution in [0.3, 0.4) is 0 Å². The molecule has 4 heterocycles. The molecule has 0 bridgehead atoms. The Labute approximate surface area is 225 Å². The Balaban J connectivity index is 1.39. The Morgan fingerprint density at radius 3 is 2.67 bits per heavy atom. The summed E-state index contributed by atoms with van der Waals surface area (Å²) in [6, 6.07) is 8.61. The van der Waals surface area contributed by atoms with Gasteiger partial charge in [0.15, 0.2) is 5.82 Å². The minimum Gasteiger partial charge on any atom is -0.382 e. The van der Waals surface area contributed by atoms with Gasteiger partial charge in [-0.2, -0.15) is 9.37 Å². The van der Waals surface area contributed by atoms with Crippen molar-refractivity contribution in [3.8, 4) is 22.5 Å². The Hall–Kier alpha value is -3.47. The van der Waals surface area contributed by atoms with Crippen molar-refractivity contribution in [2.45, 2.75) is 37.8 Å². The summed E-state index contributed by atoms with van der Waals surface area (Å²) in [5, 5.41) is 2.71. The fourth-order valence-corrected chi connectivity index (χ4v) is 5.77. The minimum atomic E-state index is -0.817.